The number of carbonyl (C=O) groups is 2. The summed E-state index contributed by atoms with van der Waals surface area (Å²) in [6.07, 6.45) is 1.46. The van der Waals surface area contributed by atoms with Crippen molar-refractivity contribution >= 4 is 29.7 Å². The fraction of sp³-hybridized carbons (Fsp3) is 0.160. The summed E-state index contributed by atoms with van der Waals surface area (Å²) in [7, 11) is 0. The highest BCUT2D eigenvalue weighted by atomic mass is 35.5. The number of halogens is 1. The summed E-state index contributed by atoms with van der Waals surface area (Å²) in [6.45, 7) is 4.63. The van der Waals surface area contributed by atoms with Gasteiger partial charge in [-0.3, -0.25) is 4.79 Å². The van der Waals surface area contributed by atoms with E-state index < -0.39 is 5.97 Å². The van der Waals surface area contributed by atoms with Crippen LogP contribution in [0.4, 0.5) is 0 Å². The molecule has 3 rings (SSSR count). The molecular weight excluding hydrogens is 444 g/mol. The molecule has 7 nitrogen and oxygen atoms in total. The minimum Gasteiger partial charge on any atom is -0.494 e. The number of carbonyl (C=O) groups excluding carboxylic acids is 2. The summed E-state index contributed by atoms with van der Waals surface area (Å²) < 4.78 is 16.5. The van der Waals surface area contributed by atoms with E-state index in [9.17, 15) is 9.59 Å². The van der Waals surface area contributed by atoms with Crippen molar-refractivity contribution in [2.75, 3.05) is 13.2 Å². The summed E-state index contributed by atoms with van der Waals surface area (Å²) in [6, 6.07) is 18.2. The van der Waals surface area contributed by atoms with Gasteiger partial charge in [-0.25, -0.2) is 10.2 Å². The van der Waals surface area contributed by atoms with Gasteiger partial charge in [-0.05, 0) is 80.1 Å². The lowest BCUT2D eigenvalue weighted by molar-refractivity contribution is 0.0728. The van der Waals surface area contributed by atoms with Crippen LogP contribution in [-0.2, 0) is 0 Å². The van der Waals surface area contributed by atoms with Gasteiger partial charge in [0.05, 0.1) is 25.0 Å². The summed E-state index contributed by atoms with van der Waals surface area (Å²) in [5.74, 6) is 0.418. The lowest BCUT2D eigenvalue weighted by Gasteiger charge is -2.11. The zero-order chi connectivity index (χ0) is 23.6. The molecule has 0 atom stereocenters. The standard InChI is InChI=1S/C25H23ClN2O5/c1-3-31-21-11-9-18(10-12-21)25(30)33-22-13-8-17(14-23(22)32-4-2)16-27-28-24(29)19-6-5-7-20(26)15-19/h5-16H,3-4H2,1-2H3,(H,28,29)/b27-16+. The van der Waals surface area contributed by atoms with Crippen molar-refractivity contribution in [3.05, 3.63) is 88.4 Å². The highest BCUT2D eigenvalue weighted by Gasteiger charge is 2.13. The number of nitrogens with one attached hydrogen (secondary N) is 1. The molecule has 0 heterocycles. The fourth-order valence-electron chi connectivity index (χ4n) is 2.83. The molecule has 3 aromatic rings. The molecule has 0 bridgehead atoms. The van der Waals surface area contributed by atoms with E-state index in [-0.39, 0.29) is 11.7 Å². The van der Waals surface area contributed by atoms with Gasteiger partial charge in [0.25, 0.3) is 5.91 Å². The van der Waals surface area contributed by atoms with Crippen molar-refractivity contribution in [2.24, 2.45) is 5.10 Å². The lowest BCUT2D eigenvalue weighted by Crippen LogP contribution is -2.17. The molecule has 0 saturated carbocycles. The lowest BCUT2D eigenvalue weighted by atomic mass is 10.2. The van der Waals surface area contributed by atoms with E-state index in [1.807, 2.05) is 13.8 Å². The van der Waals surface area contributed by atoms with E-state index in [1.165, 1.54) is 6.21 Å². The largest absolute Gasteiger partial charge is 0.494 e. The van der Waals surface area contributed by atoms with Gasteiger partial charge >= 0.3 is 5.97 Å². The Morgan fingerprint density at radius 1 is 0.909 bits per heavy atom. The van der Waals surface area contributed by atoms with E-state index in [2.05, 4.69) is 10.5 Å². The summed E-state index contributed by atoms with van der Waals surface area (Å²) >= 11 is 5.90. The molecule has 0 saturated heterocycles. The zero-order valence-corrected chi connectivity index (χ0v) is 19.0. The van der Waals surface area contributed by atoms with Gasteiger partial charge in [0.15, 0.2) is 11.5 Å². The Hall–Kier alpha value is -3.84. The van der Waals surface area contributed by atoms with E-state index in [4.69, 9.17) is 25.8 Å². The quantitative estimate of drug-likeness (QED) is 0.205. The van der Waals surface area contributed by atoms with Gasteiger partial charge in [-0.1, -0.05) is 17.7 Å². The van der Waals surface area contributed by atoms with E-state index in [0.29, 0.717) is 46.4 Å². The molecule has 0 aromatic heterocycles. The Bertz CT molecular complexity index is 1150. The number of amides is 1. The van der Waals surface area contributed by atoms with Crippen molar-refractivity contribution in [3.8, 4) is 17.2 Å². The van der Waals surface area contributed by atoms with Crippen molar-refractivity contribution in [1.29, 1.82) is 0 Å². The van der Waals surface area contributed by atoms with Gasteiger partial charge in [0, 0.05) is 10.6 Å². The van der Waals surface area contributed by atoms with Crippen LogP contribution in [0, 0.1) is 0 Å². The van der Waals surface area contributed by atoms with Crippen molar-refractivity contribution in [3.63, 3.8) is 0 Å². The van der Waals surface area contributed by atoms with Crippen LogP contribution in [0.3, 0.4) is 0 Å². The maximum absolute atomic E-state index is 12.5. The second-order valence-electron chi connectivity index (χ2n) is 6.70. The molecule has 0 aliphatic rings. The Morgan fingerprint density at radius 2 is 1.67 bits per heavy atom. The molecule has 3 aromatic carbocycles. The number of hydrogen-bond acceptors (Lipinski definition) is 6. The molecule has 170 valence electrons. The molecule has 8 heteroatoms. The van der Waals surface area contributed by atoms with E-state index in [1.54, 1.807) is 66.7 Å². The number of rotatable bonds is 9. The molecule has 0 radical (unpaired) electrons. The van der Waals surface area contributed by atoms with Crippen LogP contribution in [0.5, 0.6) is 17.2 Å². The summed E-state index contributed by atoms with van der Waals surface area (Å²) in [4.78, 5) is 24.7. The number of benzene rings is 3. The van der Waals surface area contributed by atoms with Crippen LogP contribution in [0.2, 0.25) is 5.02 Å². The Balaban J connectivity index is 1.68. The van der Waals surface area contributed by atoms with Gasteiger partial charge in [-0.15, -0.1) is 0 Å². The Morgan fingerprint density at radius 3 is 2.36 bits per heavy atom. The normalized spacial score (nSPS) is 10.6. The molecule has 0 aliphatic heterocycles. The van der Waals surface area contributed by atoms with Crippen LogP contribution in [-0.4, -0.2) is 31.3 Å². The topological polar surface area (TPSA) is 86.2 Å². The highest BCUT2D eigenvalue weighted by molar-refractivity contribution is 6.30. The second kappa shape index (κ2) is 11.7. The predicted molar refractivity (Wildman–Crippen MR) is 127 cm³/mol. The van der Waals surface area contributed by atoms with Gasteiger partial charge in [0.1, 0.15) is 5.75 Å². The van der Waals surface area contributed by atoms with Crippen LogP contribution in [0.15, 0.2) is 71.8 Å². The molecular formula is C25H23ClN2O5. The number of nitrogens with zero attached hydrogens (tertiary/aromatic N) is 1. The predicted octanol–water partition coefficient (Wildman–Crippen LogP) is 5.12. The number of ether oxygens (including phenoxy) is 3. The number of hydrogen-bond donors (Lipinski definition) is 1. The Labute approximate surface area is 196 Å². The molecule has 0 aliphatic carbocycles. The first-order valence-corrected chi connectivity index (χ1v) is 10.7. The molecule has 1 N–H and O–H groups in total. The Kier molecular flexibility index (Phi) is 8.43. The fourth-order valence-corrected chi connectivity index (χ4v) is 3.02. The highest BCUT2D eigenvalue weighted by Crippen LogP contribution is 2.29. The van der Waals surface area contributed by atoms with E-state index in [0.717, 1.165) is 0 Å². The van der Waals surface area contributed by atoms with Crippen LogP contribution in [0.25, 0.3) is 0 Å². The SMILES string of the molecule is CCOc1ccc(C(=O)Oc2ccc(/C=N/NC(=O)c3cccc(Cl)c3)cc2OCC)cc1. The van der Waals surface area contributed by atoms with Crippen LogP contribution < -0.4 is 19.6 Å². The maximum atomic E-state index is 12.5. The minimum atomic E-state index is -0.519. The van der Waals surface area contributed by atoms with E-state index >= 15 is 0 Å². The van der Waals surface area contributed by atoms with Gasteiger partial charge in [0.2, 0.25) is 0 Å². The van der Waals surface area contributed by atoms with Gasteiger partial charge < -0.3 is 14.2 Å². The summed E-state index contributed by atoms with van der Waals surface area (Å²) in [5.41, 5.74) is 3.87. The monoisotopic (exact) mass is 466 g/mol. The van der Waals surface area contributed by atoms with Crippen molar-refractivity contribution in [1.82, 2.24) is 5.43 Å². The third-order valence-corrected chi connectivity index (χ3v) is 4.57. The second-order valence-corrected chi connectivity index (χ2v) is 7.13. The third-order valence-electron chi connectivity index (χ3n) is 4.34. The smallest absolute Gasteiger partial charge is 0.343 e. The minimum absolute atomic E-state index is 0.274. The van der Waals surface area contributed by atoms with Crippen molar-refractivity contribution < 1.29 is 23.8 Å². The van der Waals surface area contributed by atoms with Crippen LogP contribution in [0.1, 0.15) is 40.1 Å². The van der Waals surface area contributed by atoms with Crippen LogP contribution >= 0.6 is 11.6 Å². The maximum Gasteiger partial charge on any atom is 0.343 e. The van der Waals surface area contributed by atoms with Crippen molar-refractivity contribution in [2.45, 2.75) is 13.8 Å². The molecule has 33 heavy (non-hydrogen) atoms. The number of esters is 1. The molecule has 1 amide bonds. The molecule has 0 fully saturated rings. The first-order valence-electron chi connectivity index (χ1n) is 10.3. The first-order chi connectivity index (χ1) is 16.0. The average Bonchev–Trinajstić information content (AvgIpc) is 2.81. The third kappa shape index (κ3) is 6.82. The molecule has 0 unspecified atom stereocenters. The first kappa shape index (κ1) is 23.8. The number of hydrazone groups is 1. The van der Waals surface area contributed by atoms with Gasteiger partial charge in [-0.2, -0.15) is 5.10 Å². The summed E-state index contributed by atoms with van der Waals surface area (Å²) in [5, 5.41) is 4.43. The zero-order valence-electron chi connectivity index (χ0n) is 18.2. The molecule has 0 spiro atoms. The average molecular weight is 467 g/mol.